The number of anilines is 2. The van der Waals surface area contributed by atoms with E-state index in [9.17, 15) is 9.18 Å². The van der Waals surface area contributed by atoms with Gasteiger partial charge in [-0.1, -0.05) is 6.07 Å². The minimum Gasteiger partial charge on any atom is -0.493 e. The molecular formula is C24H29FN4O3. The number of nitrogens with zero attached hydrogens (tertiary/aromatic N) is 3. The van der Waals surface area contributed by atoms with Crippen molar-refractivity contribution in [2.75, 3.05) is 33.1 Å². The number of fused-ring (bicyclic) bond motifs is 1. The molecule has 0 unspecified atom stereocenters. The molecule has 0 aliphatic heterocycles. The molecule has 0 fully saturated rings. The van der Waals surface area contributed by atoms with E-state index in [0.717, 1.165) is 24.8 Å². The SMILES string of the molecule is COc1cc2c(Nc3ccc(C)cc3F)ncnc2cc1OCCCCCC(=O)N(C)C. The Balaban J connectivity index is 1.69. The Kier molecular flexibility index (Phi) is 7.81. The Labute approximate surface area is 187 Å². The van der Waals surface area contributed by atoms with E-state index in [1.165, 1.54) is 12.4 Å². The van der Waals surface area contributed by atoms with Crippen LogP contribution in [0.3, 0.4) is 0 Å². The van der Waals surface area contributed by atoms with Gasteiger partial charge in [-0.05, 0) is 49.9 Å². The van der Waals surface area contributed by atoms with Crippen LogP contribution < -0.4 is 14.8 Å². The number of aryl methyl sites for hydroxylation is 1. The zero-order valence-electron chi connectivity index (χ0n) is 18.9. The lowest BCUT2D eigenvalue weighted by Gasteiger charge is -2.14. The summed E-state index contributed by atoms with van der Waals surface area (Å²) in [4.78, 5) is 21.8. The molecule has 2 aromatic carbocycles. The maximum Gasteiger partial charge on any atom is 0.222 e. The molecule has 1 N–H and O–H groups in total. The van der Waals surface area contributed by atoms with Crippen LogP contribution in [0.15, 0.2) is 36.7 Å². The largest absolute Gasteiger partial charge is 0.493 e. The number of hydrogen-bond acceptors (Lipinski definition) is 6. The van der Waals surface area contributed by atoms with Gasteiger partial charge in [0.25, 0.3) is 0 Å². The molecule has 0 spiro atoms. The number of halogens is 1. The van der Waals surface area contributed by atoms with Gasteiger partial charge in [-0.15, -0.1) is 0 Å². The molecule has 0 bridgehead atoms. The van der Waals surface area contributed by atoms with E-state index >= 15 is 0 Å². The normalized spacial score (nSPS) is 10.8. The summed E-state index contributed by atoms with van der Waals surface area (Å²) in [5.41, 5.74) is 1.83. The second-order valence-corrected chi connectivity index (χ2v) is 7.80. The highest BCUT2D eigenvalue weighted by Gasteiger charge is 2.13. The molecule has 1 aromatic heterocycles. The van der Waals surface area contributed by atoms with Crippen LogP contribution in [-0.2, 0) is 4.79 Å². The van der Waals surface area contributed by atoms with Gasteiger partial charge in [-0.3, -0.25) is 4.79 Å². The molecule has 8 heteroatoms. The molecule has 0 aliphatic rings. The van der Waals surface area contributed by atoms with Gasteiger partial charge in [0.15, 0.2) is 11.5 Å². The minimum atomic E-state index is -0.351. The number of nitrogens with one attached hydrogen (secondary N) is 1. The van der Waals surface area contributed by atoms with Crippen LogP contribution in [0.1, 0.15) is 31.2 Å². The van der Waals surface area contributed by atoms with E-state index in [4.69, 9.17) is 9.47 Å². The van der Waals surface area contributed by atoms with Crippen LogP contribution in [0.2, 0.25) is 0 Å². The number of unbranched alkanes of at least 4 members (excludes halogenated alkanes) is 2. The number of methoxy groups -OCH3 is 1. The second-order valence-electron chi connectivity index (χ2n) is 7.80. The molecule has 3 rings (SSSR count). The first-order chi connectivity index (χ1) is 15.4. The van der Waals surface area contributed by atoms with Gasteiger partial charge in [0.1, 0.15) is 18.0 Å². The number of carbonyl (C=O) groups excluding carboxylic acids is 1. The van der Waals surface area contributed by atoms with Gasteiger partial charge >= 0.3 is 0 Å². The van der Waals surface area contributed by atoms with Crippen LogP contribution in [0, 0.1) is 12.7 Å². The predicted octanol–water partition coefficient (Wildman–Crippen LogP) is 4.86. The van der Waals surface area contributed by atoms with Crippen LogP contribution in [0.5, 0.6) is 11.5 Å². The lowest BCUT2D eigenvalue weighted by Crippen LogP contribution is -2.21. The number of ether oxygens (including phenoxy) is 2. The fourth-order valence-corrected chi connectivity index (χ4v) is 3.25. The molecule has 0 atom stereocenters. The molecule has 3 aromatic rings. The van der Waals surface area contributed by atoms with Gasteiger partial charge < -0.3 is 19.7 Å². The van der Waals surface area contributed by atoms with Crippen molar-refractivity contribution in [3.8, 4) is 11.5 Å². The molecule has 1 amide bonds. The average molecular weight is 441 g/mol. The Hall–Kier alpha value is -3.42. The van der Waals surface area contributed by atoms with Crippen molar-refractivity contribution in [1.82, 2.24) is 14.9 Å². The monoisotopic (exact) mass is 440 g/mol. The number of aromatic nitrogens is 2. The number of hydrogen-bond donors (Lipinski definition) is 1. The van der Waals surface area contributed by atoms with Crippen molar-refractivity contribution >= 4 is 28.3 Å². The topological polar surface area (TPSA) is 76.6 Å². The lowest BCUT2D eigenvalue weighted by molar-refractivity contribution is -0.128. The Morgan fingerprint density at radius 2 is 1.91 bits per heavy atom. The summed E-state index contributed by atoms with van der Waals surface area (Å²) in [5, 5.41) is 3.74. The van der Waals surface area contributed by atoms with Crippen molar-refractivity contribution in [2.45, 2.75) is 32.6 Å². The van der Waals surface area contributed by atoms with E-state index < -0.39 is 0 Å². The Bertz CT molecular complexity index is 1090. The highest BCUT2D eigenvalue weighted by Crippen LogP contribution is 2.35. The fourth-order valence-electron chi connectivity index (χ4n) is 3.25. The number of amides is 1. The average Bonchev–Trinajstić information content (AvgIpc) is 2.77. The second kappa shape index (κ2) is 10.7. The summed E-state index contributed by atoms with van der Waals surface area (Å²) in [7, 11) is 5.09. The molecule has 7 nitrogen and oxygen atoms in total. The van der Waals surface area contributed by atoms with E-state index in [1.54, 1.807) is 44.3 Å². The molecular weight excluding hydrogens is 411 g/mol. The summed E-state index contributed by atoms with van der Waals surface area (Å²) in [5.74, 6) is 1.39. The van der Waals surface area contributed by atoms with Crippen LogP contribution in [-0.4, -0.2) is 48.6 Å². The smallest absolute Gasteiger partial charge is 0.222 e. The van der Waals surface area contributed by atoms with Gasteiger partial charge in [0.05, 0.1) is 24.9 Å². The molecule has 0 saturated carbocycles. The standard InChI is InChI=1S/C24H29FN4O3/c1-16-9-10-19(18(25)12-16)28-24-17-13-21(31-4)22(14-20(17)26-15-27-24)32-11-7-5-6-8-23(30)29(2)3/h9-10,12-15H,5-8,11H2,1-4H3,(H,26,27,28). The first kappa shape index (κ1) is 23.2. The quantitative estimate of drug-likeness (QED) is 0.454. The summed E-state index contributed by atoms with van der Waals surface area (Å²) in [6, 6.07) is 8.56. The third kappa shape index (κ3) is 5.84. The predicted molar refractivity (Wildman–Crippen MR) is 123 cm³/mol. The van der Waals surface area contributed by atoms with Crippen molar-refractivity contribution < 1.29 is 18.7 Å². The number of benzene rings is 2. The highest BCUT2D eigenvalue weighted by molar-refractivity contribution is 5.93. The molecule has 0 saturated heterocycles. The van der Waals surface area contributed by atoms with Gasteiger partial charge in [0, 0.05) is 32.0 Å². The molecule has 0 aliphatic carbocycles. The summed E-state index contributed by atoms with van der Waals surface area (Å²) >= 11 is 0. The number of rotatable bonds is 10. The zero-order valence-corrected chi connectivity index (χ0v) is 18.9. The minimum absolute atomic E-state index is 0.136. The van der Waals surface area contributed by atoms with E-state index in [1.807, 2.05) is 13.0 Å². The molecule has 1 heterocycles. The van der Waals surface area contributed by atoms with Crippen molar-refractivity contribution in [2.24, 2.45) is 0 Å². The first-order valence-corrected chi connectivity index (χ1v) is 10.6. The third-order valence-electron chi connectivity index (χ3n) is 5.09. The summed E-state index contributed by atoms with van der Waals surface area (Å²) in [6.07, 6.45) is 4.52. The summed E-state index contributed by atoms with van der Waals surface area (Å²) < 4.78 is 25.7. The first-order valence-electron chi connectivity index (χ1n) is 10.6. The molecule has 32 heavy (non-hydrogen) atoms. The fraction of sp³-hybridized carbons (Fsp3) is 0.375. The number of carbonyl (C=O) groups is 1. The van der Waals surface area contributed by atoms with Crippen molar-refractivity contribution in [3.63, 3.8) is 0 Å². The Morgan fingerprint density at radius 1 is 1.09 bits per heavy atom. The van der Waals surface area contributed by atoms with Crippen molar-refractivity contribution in [1.29, 1.82) is 0 Å². The van der Waals surface area contributed by atoms with Crippen LogP contribution in [0.25, 0.3) is 10.9 Å². The third-order valence-corrected chi connectivity index (χ3v) is 5.09. The van der Waals surface area contributed by atoms with E-state index in [-0.39, 0.29) is 11.7 Å². The van der Waals surface area contributed by atoms with Crippen molar-refractivity contribution in [3.05, 3.63) is 48.0 Å². The van der Waals surface area contributed by atoms with Gasteiger partial charge in [0.2, 0.25) is 5.91 Å². The lowest BCUT2D eigenvalue weighted by atomic mass is 10.1. The molecule has 0 radical (unpaired) electrons. The van der Waals surface area contributed by atoms with E-state index in [0.29, 0.717) is 46.9 Å². The maximum atomic E-state index is 14.3. The van der Waals surface area contributed by atoms with E-state index in [2.05, 4.69) is 15.3 Å². The maximum absolute atomic E-state index is 14.3. The van der Waals surface area contributed by atoms with Gasteiger partial charge in [-0.2, -0.15) is 0 Å². The summed E-state index contributed by atoms with van der Waals surface area (Å²) in [6.45, 7) is 2.34. The van der Waals surface area contributed by atoms with Crippen LogP contribution >= 0.6 is 0 Å². The molecule has 170 valence electrons. The zero-order chi connectivity index (χ0) is 23.1. The highest BCUT2D eigenvalue weighted by atomic mass is 19.1. The van der Waals surface area contributed by atoms with Gasteiger partial charge in [-0.25, -0.2) is 14.4 Å². The van der Waals surface area contributed by atoms with Crippen LogP contribution in [0.4, 0.5) is 15.9 Å². The Morgan fingerprint density at radius 3 is 2.62 bits per heavy atom.